The lowest BCUT2D eigenvalue weighted by molar-refractivity contribution is -0.157. The van der Waals surface area contributed by atoms with Crippen LogP contribution in [0.1, 0.15) is 65.7 Å². The van der Waals surface area contributed by atoms with Crippen molar-refractivity contribution in [2.45, 2.75) is 65.7 Å². The summed E-state index contributed by atoms with van der Waals surface area (Å²) in [5, 5.41) is 9.17. The van der Waals surface area contributed by atoms with Crippen molar-refractivity contribution in [2.75, 3.05) is 6.61 Å². The highest BCUT2D eigenvalue weighted by atomic mass is 16.5. The van der Waals surface area contributed by atoms with E-state index < -0.39 is 23.8 Å². The molecule has 0 saturated carbocycles. The van der Waals surface area contributed by atoms with Crippen LogP contribution in [0.5, 0.6) is 0 Å². The molecule has 21 heavy (non-hydrogen) atoms. The molecule has 0 aliphatic carbocycles. The van der Waals surface area contributed by atoms with Gasteiger partial charge >= 0.3 is 11.9 Å². The molecular weight excluding hydrogens is 268 g/mol. The number of carboxylic acid groups (broad SMARTS) is 1. The maximum absolute atomic E-state index is 11.9. The Morgan fingerprint density at radius 3 is 2.33 bits per heavy atom. The van der Waals surface area contributed by atoms with E-state index in [1.54, 1.807) is 19.1 Å². The molecule has 0 rings (SSSR count). The zero-order valence-corrected chi connectivity index (χ0v) is 13.6. The van der Waals surface area contributed by atoms with Crippen LogP contribution < -0.4 is 0 Å². The van der Waals surface area contributed by atoms with Crippen LogP contribution >= 0.6 is 0 Å². The van der Waals surface area contributed by atoms with Crippen molar-refractivity contribution in [3.8, 4) is 0 Å². The quantitative estimate of drug-likeness (QED) is 0.333. The summed E-state index contributed by atoms with van der Waals surface area (Å²) >= 11 is 0. The number of carboxylic acids is 1. The van der Waals surface area contributed by atoms with Crippen molar-refractivity contribution >= 4 is 11.9 Å². The maximum Gasteiger partial charge on any atom is 0.309 e. The minimum Gasteiger partial charge on any atom is -0.481 e. The van der Waals surface area contributed by atoms with Gasteiger partial charge in [0.2, 0.25) is 0 Å². The van der Waals surface area contributed by atoms with Crippen LogP contribution in [0, 0.1) is 11.8 Å². The Kier molecular flexibility index (Phi) is 11.6. The summed E-state index contributed by atoms with van der Waals surface area (Å²) in [6.45, 7) is 6.04. The van der Waals surface area contributed by atoms with Crippen LogP contribution in [-0.4, -0.2) is 23.7 Å². The fourth-order valence-corrected chi connectivity index (χ4v) is 2.15. The summed E-state index contributed by atoms with van der Waals surface area (Å²) in [6, 6.07) is 0. The van der Waals surface area contributed by atoms with Gasteiger partial charge in [-0.3, -0.25) is 9.59 Å². The van der Waals surface area contributed by atoms with Gasteiger partial charge in [0.05, 0.1) is 18.4 Å². The Morgan fingerprint density at radius 1 is 1.14 bits per heavy atom. The largest absolute Gasteiger partial charge is 0.481 e. The molecule has 0 bridgehead atoms. The van der Waals surface area contributed by atoms with Gasteiger partial charge in [0.1, 0.15) is 0 Å². The summed E-state index contributed by atoms with van der Waals surface area (Å²) in [6.07, 6.45) is 10.7. The Balaban J connectivity index is 3.98. The molecule has 0 amide bonds. The van der Waals surface area contributed by atoms with E-state index in [4.69, 9.17) is 9.84 Å². The zero-order valence-electron chi connectivity index (χ0n) is 13.6. The topological polar surface area (TPSA) is 63.6 Å². The van der Waals surface area contributed by atoms with Crippen molar-refractivity contribution < 1.29 is 19.4 Å². The lowest BCUT2D eigenvalue weighted by Crippen LogP contribution is -2.29. The Morgan fingerprint density at radius 2 is 1.76 bits per heavy atom. The van der Waals surface area contributed by atoms with Gasteiger partial charge in [-0.15, -0.1) is 0 Å². The number of esters is 1. The van der Waals surface area contributed by atoms with E-state index in [1.807, 2.05) is 6.92 Å². The van der Waals surface area contributed by atoms with E-state index in [-0.39, 0.29) is 0 Å². The molecule has 2 atom stereocenters. The standard InChI is InChI=1S/C17H30O4/c1-4-6-8-9-10-11-13-21-17(20)14(3)15(16(18)19)12-7-5-2/h5,7,14-15H,4,6,8-13H2,1-3H3,(H,18,19). The minimum absolute atomic E-state index is 0.360. The number of allylic oxidation sites excluding steroid dienone is 2. The first-order chi connectivity index (χ1) is 10.0. The van der Waals surface area contributed by atoms with E-state index in [9.17, 15) is 9.59 Å². The monoisotopic (exact) mass is 298 g/mol. The highest BCUT2D eigenvalue weighted by molar-refractivity contribution is 5.80. The molecule has 2 unspecified atom stereocenters. The molecule has 0 aromatic rings. The molecular formula is C17H30O4. The van der Waals surface area contributed by atoms with Crippen LogP contribution in [0.15, 0.2) is 12.2 Å². The molecule has 122 valence electrons. The second kappa shape index (κ2) is 12.4. The fraction of sp³-hybridized carbons (Fsp3) is 0.765. The first-order valence-corrected chi connectivity index (χ1v) is 8.05. The van der Waals surface area contributed by atoms with Gasteiger partial charge in [-0.25, -0.2) is 0 Å². The predicted molar refractivity (Wildman–Crippen MR) is 84.1 cm³/mol. The smallest absolute Gasteiger partial charge is 0.309 e. The van der Waals surface area contributed by atoms with Crippen molar-refractivity contribution in [3.05, 3.63) is 12.2 Å². The van der Waals surface area contributed by atoms with Crippen LogP contribution in [0.2, 0.25) is 0 Å². The van der Waals surface area contributed by atoms with Crippen LogP contribution in [0.4, 0.5) is 0 Å². The lowest BCUT2D eigenvalue weighted by atomic mass is 9.91. The third kappa shape index (κ3) is 9.27. The molecule has 0 aliphatic rings. The molecule has 0 fully saturated rings. The van der Waals surface area contributed by atoms with Gasteiger partial charge < -0.3 is 9.84 Å². The third-order valence-corrected chi connectivity index (χ3v) is 3.66. The number of aliphatic carboxylic acids is 1. The minimum atomic E-state index is -0.947. The maximum atomic E-state index is 11.9. The van der Waals surface area contributed by atoms with E-state index in [0.717, 1.165) is 12.8 Å². The molecule has 0 aromatic carbocycles. The first kappa shape index (κ1) is 19.7. The third-order valence-electron chi connectivity index (χ3n) is 3.66. The number of hydrogen-bond donors (Lipinski definition) is 1. The molecule has 4 nitrogen and oxygen atoms in total. The van der Waals surface area contributed by atoms with Gasteiger partial charge in [0.15, 0.2) is 0 Å². The molecule has 0 aromatic heterocycles. The highest BCUT2D eigenvalue weighted by Gasteiger charge is 2.30. The van der Waals surface area contributed by atoms with Crippen molar-refractivity contribution in [2.24, 2.45) is 11.8 Å². The van der Waals surface area contributed by atoms with E-state index in [0.29, 0.717) is 13.0 Å². The zero-order chi connectivity index (χ0) is 16.1. The Labute approximate surface area is 128 Å². The van der Waals surface area contributed by atoms with Gasteiger partial charge in [-0.1, -0.05) is 58.1 Å². The predicted octanol–water partition coefficient (Wildman–Crippen LogP) is 4.19. The van der Waals surface area contributed by atoms with E-state index in [1.165, 1.54) is 25.7 Å². The number of carbonyl (C=O) groups excluding carboxylic acids is 1. The number of hydrogen-bond acceptors (Lipinski definition) is 3. The summed E-state index contributed by atoms with van der Waals surface area (Å²) in [5.41, 5.74) is 0. The average molecular weight is 298 g/mol. The molecule has 1 N–H and O–H groups in total. The molecule has 0 saturated heterocycles. The van der Waals surface area contributed by atoms with Crippen LogP contribution in [0.25, 0.3) is 0 Å². The average Bonchev–Trinajstić information content (AvgIpc) is 2.45. The number of rotatable bonds is 12. The van der Waals surface area contributed by atoms with Gasteiger partial charge in [0.25, 0.3) is 0 Å². The molecule has 4 heteroatoms. The van der Waals surface area contributed by atoms with Crippen molar-refractivity contribution in [1.82, 2.24) is 0 Å². The Bertz CT molecular complexity index is 323. The number of carbonyl (C=O) groups is 2. The molecule has 0 aliphatic heterocycles. The van der Waals surface area contributed by atoms with Gasteiger partial charge in [-0.2, -0.15) is 0 Å². The van der Waals surface area contributed by atoms with Crippen molar-refractivity contribution in [1.29, 1.82) is 0 Å². The molecule has 0 heterocycles. The summed E-state index contributed by atoms with van der Waals surface area (Å²) in [7, 11) is 0. The van der Waals surface area contributed by atoms with E-state index >= 15 is 0 Å². The lowest BCUT2D eigenvalue weighted by Gasteiger charge is -2.17. The highest BCUT2D eigenvalue weighted by Crippen LogP contribution is 2.19. The second-order valence-corrected chi connectivity index (χ2v) is 5.47. The molecule has 0 spiro atoms. The number of unbranched alkanes of at least 4 members (excludes halogenated alkanes) is 5. The van der Waals surface area contributed by atoms with Gasteiger partial charge in [0, 0.05) is 0 Å². The fourth-order valence-electron chi connectivity index (χ4n) is 2.15. The first-order valence-electron chi connectivity index (χ1n) is 8.05. The van der Waals surface area contributed by atoms with E-state index in [2.05, 4.69) is 6.92 Å². The van der Waals surface area contributed by atoms with Crippen molar-refractivity contribution in [3.63, 3.8) is 0 Å². The molecule has 0 radical (unpaired) electrons. The van der Waals surface area contributed by atoms with Crippen LogP contribution in [0.3, 0.4) is 0 Å². The van der Waals surface area contributed by atoms with Gasteiger partial charge in [-0.05, 0) is 19.8 Å². The summed E-state index contributed by atoms with van der Waals surface area (Å²) in [5.74, 6) is -2.67. The summed E-state index contributed by atoms with van der Waals surface area (Å²) in [4.78, 5) is 23.1. The van der Waals surface area contributed by atoms with Crippen LogP contribution in [-0.2, 0) is 14.3 Å². The second-order valence-electron chi connectivity index (χ2n) is 5.47. The normalized spacial score (nSPS) is 14.0. The SMILES string of the molecule is CC=CCC(C(=O)O)C(C)C(=O)OCCCCCCCC. The Hall–Kier alpha value is -1.32. The number of ether oxygens (including phenoxy) is 1. The summed E-state index contributed by atoms with van der Waals surface area (Å²) < 4.78 is 5.20.